The maximum absolute atomic E-state index is 13.1. The molecule has 4 rings (SSSR count). The molecule has 3 heteroatoms. The second-order valence-electron chi connectivity index (χ2n) is 6.77. The van der Waals surface area contributed by atoms with Gasteiger partial charge in [0.05, 0.1) is 6.67 Å². The maximum atomic E-state index is 13.1. The van der Waals surface area contributed by atoms with Crippen molar-refractivity contribution < 1.29 is 4.79 Å². The van der Waals surface area contributed by atoms with Crippen molar-refractivity contribution in [2.24, 2.45) is 0 Å². The first-order chi connectivity index (χ1) is 13.3. The van der Waals surface area contributed by atoms with Crippen molar-refractivity contribution in [3.8, 4) is 0 Å². The molecule has 0 saturated heterocycles. The lowest BCUT2D eigenvalue weighted by atomic mass is 10.0. The van der Waals surface area contributed by atoms with Gasteiger partial charge in [0.25, 0.3) is 0 Å². The molecule has 0 fully saturated rings. The van der Waals surface area contributed by atoms with Crippen LogP contribution in [-0.2, 0) is 6.54 Å². The first-order valence-electron chi connectivity index (χ1n) is 9.18. The molecule has 0 radical (unpaired) electrons. The summed E-state index contributed by atoms with van der Waals surface area (Å²) in [5.41, 5.74) is 3.89. The monoisotopic (exact) mass is 354 g/mol. The van der Waals surface area contributed by atoms with Gasteiger partial charge >= 0.3 is 0 Å². The minimum absolute atomic E-state index is 0.0919. The van der Waals surface area contributed by atoms with Crippen molar-refractivity contribution in [1.82, 2.24) is 4.90 Å². The average molecular weight is 354 g/mol. The van der Waals surface area contributed by atoms with Gasteiger partial charge in [-0.25, -0.2) is 0 Å². The fraction of sp³-hybridized carbons (Fsp3) is 0.125. The maximum Gasteiger partial charge on any atom is 0.191 e. The molecule has 0 atom stereocenters. The highest BCUT2D eigenvalue weighted by atomic mass is 16.1. The quantitative estimate of drug-likeness (QED) is 0.619. The van der Waals surface area contributed by atoms with Crippen LogP contribution in [0.5, 0.6) is 0 Å². The lowest BCUT2D eigenvalue weighted by Crippen LogP contribution is -2.41. The molecule has 0 unspecified atom stereocenters. The van der Waals surface area contributed by atoms with Crippen LogP contribution in [0.2, 0.25) is 0 Å². The van der Waals surface area contributed by atoms with Gasteiger partial charge in [-0.05, 0) is 17.7 Å². The summed E-state index contributed by atoms with van der Waals surface area (Å²) in [6, 6.07) is 30.1. The topological polar surface area (TPSA) is 23.6 Å². The second kappa shape index (κ2) is 8.02. The number of ketones is 1. The lowest BCUT2D eigenvalue weighted by Gasteiger charge is -2.35. The van der Waals surface area contributed by atoms with Crippen LogP contribution in [0, 0.1) is 0 Å². The number of nitrogens with zero attached hydrogens (tertiary/aromatic N) is 2. The fourth-order valence-electron chi connectivity index (χ4n) is 3.40. The molecule has 1 heterocycles. The first kappa shape index (κ1) is 17.3. The second-order valence-corrected chi connectivity index (χ2v) is 6.77. The van der Waals surface area contributed by atoms with Gasteiger partial charge in [-0.15, -0.1) is 0 Å². The number of benzene rings is 3. The van der Waals surface area contributed by atoms with Crippen LogP contribution < -0.4 is 4.90 Å². The third-order valence-corrected chi connectivity index (χ3v) is 4.72. The number of carbonyl (C=O) groups excluding carboxylic acids is 1. The number of carbonyl (C=O) groups is 1. The van der Waals surface area contributed by atoms with Crippen molar-refractivity contribution in [3.05, 3.63) is 114 Å². The van der Waals surface area contributed by atoms with Crippen molar-refractivity contribution in [2.75, 3.05) is 18.1 Å². The molecule has 1 aliphatic rings. The first-order valence-corrected chi connectivity index (χ1v) is 9.18. The molecule has 0 spiro atoms. The molecule has 134 valence electrons. The Balaban J connectivity index is 1.63. The van der Waals surface area contributed by atoms with Crippen molar-refractivity contribution in [3.63, 3.8) is 0 Å². The van der Waals surface area contributed by atoms with E-state index in [1.165, 1.54) is 5.56 Å². The molecular formula is C24H22N2O. The van der Waals surface area contributed by atoms with Gasteiger partial charge in [0, 0.05) is 36.1 Å². The number of hydrogen-bond donors (Lipinski definition) is 0. The Bertz CT molecular complexity index is 920. The molecule has 0 aliphatic carbocycles. The standard InChI is InChI=1S/C24H22N2O/c27-24(21-12-6-2-7-13-21)22-17-25(16-20-10-4-1-5-11-20)19-26(18-22)23-14-8-3-9-15-23/h1-15,18H,16-17,19H2. The summed E-state index contributed by atoms with van der Waals surface area (Å²) >= 11 is 0. The van der Waals surface area contributed by atoms with E-state index in [2.05, 4.69) is 46.2 Å². The van der Waals surface area contributed by atoms with E-state index in [0.29, 0.717) is 6.54 Å². The summed E-state index contributed by atoms with van der Waals surface area (Å²) in [4.78, 5) is 17.5. The predicted octanol–water partition coefficient (Wildman–Crippen LogP) is 4.73. The van der Waals surface area contributed by atoms with E-state index in [9.17, 15) is 4.79 Å². The zero-order valence-corrected chi connectivity index (χ0v) is 15.2. The van der Waals surface area contributed by atoms with Gasteiger partial charge in [-0.1, -0.05) is 78.9 Å². The van der Waals surface area contributed by atoms with Crippen LogP contribution in [0.15, 0.2) is 103 Å². The summed E-state index contributed by atoms with van der Waals surface area (Å²) in [6.45, 7) is 2.21. The van der Waals surface area contributed by atoms with E-state index in [1.54, 1.807) is 0 Å². The highest BCUT2D eigenvalue weighted by Crippen LogP contribution is 2.23. The average Bonchev–Trinajstić information content (AvgIpc) is 2.75. The van der Waals surface area contributed by atoms with Gasteiger partial charge in [-0.3, -0.25) is 9.69 Å². The van der Waals surface area contributed by atoms with E-state index < -0.39 is 0 Å². The van der Waals surface area contributed by atoms with Crippen LogP contribution in [0.3, 0.4) is 0 Å². The predicted molar refractivity (Wildman–Crippen MR) is 109 cm³/mol. The summed E-state index contributed by atoms with van der Waals surface area (Å²) in [5, 5.41) is 0. The Hall–Kier alpha value is -3.17. The van der Waals surface area contributed by atoms with Crippen LogP contribution in [0.4, 0.5) is 5.69 Å². The van der Waals surface area contributed by atoms with Crippen molar-refractivity contribution in [1.29, 1.82) is 0 Å². The molecule has 27 heavy (non-hydrogen) atoms. The minimum Gasteiger partial charge on any atom is -0.334 e. The molecule has 0 aromatic heterocycles. The summed E-state index contributed by atoms with van der Waals surface area (Å²) in [5.74, 6) is 0.0919. The Kier molecular flexibility index (Phi) is 5.13. The zero-order valence-electron chi connectivity index (χ0n) is 15.2. The van der Waals surface area contributed by atoms with Gasteiger partial charge < -0.3 is 4.90 Å². The molecule has 1 aliphatic heterocycles. The molecule has 3 aromatic carbocycles. The SMILES string of the molecule is O=C(C1=CN(c2ccccc2)CN(Cc2ccccc2)C1)c1ccccc1. The molecule has 0 N–H and O–H groups in total. The van der Waals surface area contributed by atoms with E-state index in [1.807, 2.05) is 60.8 Å². The fourth-order valence-corrected chi connectivity index (χ4v) is 3.40. The molecular weight excluding hydrogens is 332 g/mol. The van der Waals surface area contributed by atoms with Crippen molar-refractivity contribution >= 4 is 11.5 Å². The Morgan fingerprint density at radius 3 is 2.04 bits per heavy atom. The van der Waals surface area contributed by atoms with E-state index in [0.717, 1.165) is 30.0 Å². The van der Waals surface area contributed by atoms with E-state index >= 15 is 0 Å². The molecule has 3 nitrogen and oxygen atoms in total. The smallest absolute Gasteiger partial charge is 0.191 e. The van der Waals surface area contributed by atoms with Gasteiger partial charge in [0.15, 0.2) is 5.78 Å². The van der Waals surface area contributed by atoms with Gasteiger partial charge in [0.2, 0.25) is 0 Å². The molecule has 0 bridgehead atoms. The lowest BCUT2D eigenvalue weighted by molar-refractivity contribution is 0.101. The van der Waals surface area contributed by atoms with Crippen molar-refractivity contribution in [2.45, 2.75) is 6.54 Å². The minimum atomic E-state index is 0.0919. The third kappa shape index (κ3) is 4.15. The van der Waals surface area contributed by atoms with Gasteiger partial charge in [-0.2, -0.15) is 0 Å². The highest BCUT2D eigenvalue weighted by molar-refractivity contribution is 6.09. The van der Waals surface area contributed by atoms with Gasteiger partial charge in [0.1, 0.15) is 0 Å². The molecule has 3 aromatic rings. The van der Waals surface area contributed by atoms with Crippen LogP contribution in [0.25, 0.3) is 0 Å². The highest BCUT2D eigenvalue weighted by Gasteiger charge is 2.23. The van der Waals surface area contributed by atoms with Crippen LogP contribution >= 0.6 is 0 Å². The Labute approximate surface area is 160 Å². The summed E-state index contributed by atoms with van der Waals surface area (Å²) in [6.07, 6.45) is 2.01. The van der Waals surface area contributed by atoms with Crippen LogP contribution in [-0.4, -0.2) is 23.9 Å². The van der Waals surface area contributed by atoms with Crippen LogP contribution in [0.1, 0.15) is 15.9 Å². The number of rotatable bonds is 5. The summed E-state index contributed by atoms with van der Waals surface area (Å²) in [7, 11) is 0. The number of para-hydroxylation sites is 1. The zero-order chi connectivity index (χ0) is 18.5. The van der Waals surface area contributed by atoms with E-state index in [4.69, 9.17) is 0 Å². The Morgan fingerprint density at radius 1 is 0.778 bits per heavy atom. The third-order valence-electron chi connectivity index (χ3n) is 4.72. The molecule has 0 saturated carbocycles. The summed E-state index contributed by atoms with van der Waals surface area (Å²) < 4.78 is 0. The Morgan fingerprint density at radius 2 is 1.37 bits per heavy atom. The largest absolute Gasteiger partial charge is 0.334 e. The van der Waals surface area contributed by atoms with E-state index in [-0.39, 0.29) is 5.78 Å². The number of Topliss-reactive ketones (excluding diaryl/α,β-unsaturated/α-hetero) is 1. The normalized spacial score (nSPS) is 14.7. The molecule has 0 amide bonds. The number of hydrogen-bond acceptors (Lipinski definition) is 3. The number of anilines is 1.